The Morgan fingerprint density at radius 2 is 2.07 bits per heavy atom. The highest BCUT2D eigenvalue weighted by molar-refractivity contribution is 9.10. The number of hydrogen-bond acceptors (Lipinski definition) is 7. The molecule has 0 spiro atoms. The molecule has 0 fully saturated rings. The average Bonchev–Trinajstić information content (AvgIpc) is 3.25. The summed E-state index contributed by atoms with van der Waals surface area (Å²) in [5.74, 6) is 0.197. The van der Waals surface area contributed by atoms with Crippen molar-refractivity contribution in [2.24, 2.45) is 4.99 Å². The first-order valence-corrected chi connectivity index (χ1v) is 9.76. The molecule has 2 N–H and O–H groups in total. The van der Waals surface area contributed by atoms with Gasteiger partial charge in [-0.25, -0.2) is 10.1 Å². The lowest BCUT2D eigenvalue weighted by Gasteiger charge is -2.00. The van der Waals surface area contributed by atoms with Crippen LogP contribution in [-0.4, -0.2) is 31.7 Å². The zero-order valence-electron chi connectivity index (χ0n) is 14.0. The molecular weight excluding hydrogens is 448 g/mol. The highest BCUT2D eigenvalue weighted by atomic mass is 79.9. The van der Waals surface area contributed by atoms with Crippen LogP contribution in [0.2, 0.25) is 0 Å². The van der Waals surface area contributed by atoms with Crippen molar-refractivity contribution in [3.05, 3.63) is 68.2 Å². The van der Waals surface area contributed by atoms with E-state index in [1.807, 2.05) is 6.07 Å². The molecular formula is C17H11BrN6O3S. The minimum atomic E-state index is -0.417. The van der Waals surface area contributed by atoms with Gasteiger partial charge < -0.3 is 5.32 Å². The SMILES string of the molecule is O=C1Nc2ccc(Br)cc2/C1=N/c1nc(SCc2ccccc2[N+](=O)[O-])n[nH]1. The predicted molar refractivity (Wildman–Crippen MR) is 108 cm³/mol. The fourth-order valence-electron chi connectivity index (χ4n) is 2.65. The molecule has 1 amide bonds. The quantitative estimate of drug-likeness (QED) is 0.339. The zero-order valence-corrected chi connectivity index (χ0v) is 16.5. The fourth-order valence-corrected chi connectivity index (χ4v) is 3.80. The number of thioether (sulfide) groups is 1. The van der Waals surface area contributed by atoms with Gasteiger partial charge in [-0.05, 0) is 18.2 Å². The minimum absolute atomic E-state index is 0.0517. The molecule has 140 valence electrons. The number of nitrogens with one attached hydrogen (secondary N) is 2. The molecule has 2 heterocycles. The van der Waals surface area contributed by atoms with Gasteiger partial charge in [-0.2, -0.15) is 4.98 Å². The molecule has 0 unspecified atom stereocenters. The Hall–Kier alpha value is -3.05. The van der Waals surface area contributed by atoms with Gasteiger partial charge >= 0.3 is 0 Å². The van der Waals surface area contributed by atoms with Crippen LogP contribution in [0.25, 0.3) is 0 Å². The molecule has 0 radical (unpaired) electrons. The number of carbonyl (C=O) groups is 1. The Morgan fingerprint density at radius 1 is 1.25 bits per heavy atom. The van der Waals surface area contributed by atoms with E-state index in [4.69, 9.17) is 0 Å². The number of nitro groups is 1. The summed E-state index contributed by atoms with van der Waals surface area (Å²) in [5, 5.41) is 20.9. The number of aliphatic imine (C=N–C) groups is 1. The Bertz CT molecular complexity index is 1130. The van der Waals surface area contributed by atoms with Gasteiger partial charge in [0, 0.05) is 27.4 Å². The lowest BCUT2D eigenvalue weighted by atomic mass is 10.1. The standard InChI is InChI=1S/C17H11BrN6O3S/c18-10-5-6-12-11(7-10)14(15(25)19-12)20-16-21-17(23-22-16)28-8-9-3-1-2-4-13(9)24(26)27/h1-7H,8H2,(H2,19,20,21,22,23,25). The van der Waals surface area contributed by atoms with Crippen LogP contribution in [0.15, 0.2) is 57.1 Å². The molecule has 0 atom stereocenters. The van der Waals surface area contributed by atoms with E-state index in [-0.39, 0.29) is 23.3 Å². The van der Waals surface area contributed by atoms with Gasteiger partial charge in [0.25, 0.3) is 11.6 Å². The second kappa shape index (κ2) is 7.52. The lowest BCUT2D eigenvalue weighted by Crippen LogP contribution is -2.14. The number of carbonyl (C=O) groups excluding carboxylic acids is 1. The summed E-state index contributed by atoms with van der Waals surface area (Å²) in [5.41, 5.74) is 2.21. The van der Waals surface area contributed by atoms with Gasteiger partial charge in [0.15, 0.2) is 0 Å². The number of aromatic nitrogens is 3. The predicted octanol–water partition coefficient (Wildman–Crippen LogP) is 3.84. The van der Waals surface area contributed by atoms with Crippen molar-refractivity contribution in [1.29, 1.82) is 0 Å². The molecule has 28 heavy (non-hydrogen) atoms. The summed E-state index contributed by atoms with van der Waals surface area (Å²) in [7, 11) is 0. The molecule has 9 nitrogen and oxygen atoms in total. The topological polar surface area (TPSA) is 126 Å². The Morgan fingerprint density at radius 3 is 2.89 bits per heavy atom. The zero-order chi connectivity index (χ0) is 19.7. The molecule has 0 bridgehead atoms. The van der Waals surface area contributed by atoms with Crippen molar-refractivity contribution in [1.82, 2.24) is 15.2 Å². The number of aromatic amines is 1. The molecule has 0 saturated heterocycles. The average molecular weight is 459 g/mol. The maximum atomic E-state index is 12.2. The summed E-state index contributed by atoms with van der Waals surface area (Å²) in [6.07, 6.45) is 0. The third-order valence-corrected chi connectivity index (χ3v) is 5.31. The van der Waals surface area contributed by atoms with Crippen LogP contribution in [0.3, 0.4) is 0 Å². The molecule has 0 aliphatic carbocycles. The second-order valence-corrected chi connectivity index (χ2v) is 7.58. The van der Waals surface area contributed by atoms with Crippen LogP contribution in [0, 0.1) is 10.1 Å². The number of anilines is 1. The maximum Gasteiger partial charge on any atom is 0.275 e. The van der Waals surface area contributed by atoms with Crippen LogP contribution in [0.4, 0.5) is 17.3 Å². The molecule has 1 aliphatic rings. The van der Waals surface area contributed by atoms with Crippen LogP contribution in [0.5, 0.6) is 0 Å². The van der Waals surface area contributed by atoms with E-state index in [1.54, 1.807) is 30.3 Å². The third-order valence-electron chi connectivity index (χ3n) is 3.92. The van der Waals surface area contributed by atoms with Gasteiger partial charge in [-0.1, -0.05) is 45.9 Å². The van der Waals surface area contributed by atoms with Crippen molar-refractivity contribution in [2.45, 2.75) is 10.9 Å². The van der Waals surface area contributed by atoms with E-state index < -0.39 is 4.92 Å². The van der Waals surface area contributed by atoms with Crippen LogP contribution < -0.4 is 5.32 Å². The highest BCUT2D eigenvalue weighted by Crippen LogP contribution is 2.29. The van der Waals surface area contributed by atoms with Crippen molar-refractivity contribution < 1.29 is 9.72 Å². The summed E-state index contributed by atoms with van der Waals surface area (Å²) >= 11 is 4.62. The fraction of sp³-hybridized carbons (Fsp3) is 0.0588. The van der Waals surface area contributed by atoms with Gasteiger partial charge in [-0.15, -0.1) is 5.10 Å². The second-order valence-electron chi connectivity index (χ2n) is 5.72. The van der Waals surface area contributed by atoms with E-state index in [0.717, 1.165) is 4.47 Å². The molecule has 11 heteroatoms. The summed E-state index contributed by atoms with van der Waals surface area (Å²) in [6, 6.07) is 11.9. The molecule has 1 aromatic heterocycles. The van der Waals surface area contributed by atoms with Crippen molar-refractivity contribution >= 4 is 56.6 Å². The van der Waals surface area contributed by atoms with E-state index >= 15 is 0 Å². The molecule has 0 saturated carbocycles. The first-order chi connectivity index (χ1) is 13.5. The lowest BCUT2D eigenvalue weighted by molar-refractivity contribution is -0.385. The van der Waals surface area contributed by atoms with E-state index in [2.05, 4.69) is 41.4 Å². The summed E-state index contributed by atoms with van der Waals surface area (Å²) in [4.78, 5) is 31.4. The number of nitrogens with zero attached hydrogens (tertiary/aromatic N) is 4. The van der Waals surface area contributed by atoms with E-state index in [1.165, 1.54) is 17.8 Å². The monoisotopic (exact) mass is 458 g/mol. The Labute approximate surface area is 171 Å². The maximum absolute atomic E-state index is 12.2. The van der Waals surface area contributed by atoms with Crippen molar-refractivity contribution in [2.75, 3.05) is 5.32 Å². The summed E-state index contributed by atoms with van der Waals surface area (Å²) < 4.78 is 0.828. The largest absolute Gasteiger partial charge is 0.320 e. The van der Waals surface area contributed by atoms with Crippen molar-refractivity contribution in [3.63, 3.8) is 0 Å². The summed E-state index contributed by atoms with van der Waals surface area (Å²) in [6.45, 7) is 0. The van der Waals surface area contributed by atoms with Crippen LogP contribution >= 0.6 is 27.7 Å². The number of fused-ring (bicyclic) bond motifs is 1. The number of amides is 1. The van der Waals surface area contributed by atoms with Crippen LogP contribution in [-0.2, 0) is 10.5 Å². The van der Waals surface area contributed by atoms with E-state index in [9.17, 15) is 14.9 Å². The number of rotatable bonds is 5. The molecule has 2 aromatic carbocycles. The first kappa shape index (κ1) is 18.3. The number of para-hydroxylation sites is 1. The number of benzene rings is 2. The van der Waals surface area contributed by atoms with Gasteiger partial charge in [0.2, 0.25) is 11.1 Å². The molecule has 4 rings (SSSR count). The van der Waals surface area contributed by atoms with Gasteiger partial charge in [0.1, 0.15) is 5.71 Å². The number of nitro benzene ring substituents is 1. The molecule has 1 aliphatic heterocycles. The Balaban J connectivity index is 1.53. The smallest absolute Gasteiger partial charge is 0.275 e. The van der Waals surface area contributed by atoms with E-state index in [0.29, 0.717) is 27.7 Å². The van der Waals surface area contributed by atoms with Crippen molar-refractivity contribution in [3.8, 4) is 0 Å². The number of halogens is 1. The highest BCUT2D eigenvalue weighted by Gasteiger charge is 2.26. The Kier molecular flexibility index (Phi) is 4.92. The third kappa shape index (κ3) is 3.66. The normalized spacial score (nSPS) is 14.2. The number of H-pyrrole nitrogens is 1. The van der Waals surface area contributed by atoms with Gasteiger partial charge in [-0.3, -0.25) is 14.9 Å². The number of hydrogen-bond donors (Lipinski definition) is 2. The van der Waals surface area contributed by atoms with Gasteiger partial charge in [0.05, 0.1) is 10.6 Å². The molecule has 3 aromatic rings. The van der Waals surface area contributed by atoms with Crippen LogP contribution in [0.1, 0.15) is 11.1 Å². The first-order valence-electron chi connectivity index (χ1n) is 7.99. The minimum Gasteiger partial charge on any atom is -0.320 e.